The number of hydrogen-bond donors (Lipinski definition) is 1. The lowest BCUT2D eigenvalue weighted by molar-refractivity contribution is -0.137. The number of para-hydroxylation sites is 1. The molecule has 0 spiro atoms. The number of nitrogens with two attached hydrogens (primary N) is 1. The SMILES string of the molecule is COc1ccccc1-c1coc2c(C(F)(F)F)c(CC(C)N)ccc12. The first-order valence-electron chi connectivity index (χ1n) is 7.82. The Bertz CT molecular complexity index is 897. The third-order valence-electron chi connectivity index (χ3n) is 4.05. The Morgan fingerprint density at radius 1 is 1.12 bits per heavy atom. The van der Waals surface area contributed by atoms with Crippen molar-refractivity contribution in [1.82, 2.24) is 0 Å². The molecule has 0 amide bonds. The van der Waals surface area contributed by atoms with Crippen LogP contribution in [0.5, 0.6) is 5.75 Å². The fourth-order valence-electron chi connectivity index (χ4n) is 3.04. The van der Waals surface area contributed by atoms with Gasteiger partial charge in [-0.25, -0.2) is 0 Å². The minimum absolute atomic E-state index is 0.121. The summed E-state index contributed by atoms with van der Waals surface area (Å²) in [6.45, 7) is 1.67. The molecule has 3 aromatic rings. The summed E-state index contributed by atoms with van der Waals surface area (Å²) in [7, 11) is 1.52. The van der Waals surface area contributed by atoms with Gasteiger partial charge in [-0.15, -0.1) is 0 Å². The van der Waals surface area contributed by atoms with Gasteiger partial charge in [-0.2, -0.15) is 13.2 Å². The second-order valence-corrected chi connectivity index (χ2v) is 6.01. The Hall–Kier alpha value is -2.47. The third-order valence-corrected chi connectivity index (χ3v) is 4.05. The van der Waals surface area contributed by atoms with Crippen molar-refractivity contribution in [2.75, 3.05) is 7.11 Å². The number of fused-ring (bicyclic) bond motifs is 1. The minimum Gasteiger partial charge on any atom is -0.496 e. The van der Waals surface area contributed by atoms with Gasteiger partial charge in [0.2, 0.25) is 0 Å². The molecular formula is C19H18F3NO2. The maximum atomic E-state index is 13.7. The summed E-state index contributed by atoms with van der Waals surface area (Å²) < 4.78 is 51.7. The van der Waals surface area contributed by atoms with Crippen LogP contribution in [0.2, 0.25) is 0 Å². The number of alkyl halides is 3. The van der Waals surface area contributed by atoms with Crippen LogP contribution < -0.4 is 10.5 Å². The fourth-order valence-corrected chi connectivity index (χ4v) is 3.04. The molecule has 2 aromatic carbocycles. The zero-order valence-electron chi connectivity index (χ0n) is 13.9. The molecule has 1 aromatic heterocycles. The highest BCUT2D eigenvalue weighted by Gasteiger charge is 2.37. The zero-order chi connectivity index (χ0) is 18.2. The maximum absolute atomic E-state index is 13.7. The summed E-state index contributed by atoms with van der Waals surface area (Å²) in [6, 6.07) is 9.87. The van der Waals surface area contributed by atoms with Crippen LogP contribution in [0.25, 0.3) is 22.1 Å². The first-order valence-corrected chi connectivity index (χ1v) is 7.82. The highest BCUT2D eigenvalue weighted by atomic mass is 19.4. The van der Waals surface area contributed by atoms with E-state index in [2.05, 4.69) is 0 Å². The second-order valence-electron chi connectivity index (χ2n) is 6.01. The van der Waals surface area contributed by atoms with Crippen molar-refractivity contribution in [3.8, 4) is 16.9 Å². The van der Waals surface area contributed by atoms with Crippen LogP contribution in [0, 0.1) is 0 Å². The molecule has 0 aliphatic carbocycles. The summed E-state index contributed by atoms with van der Waals surface area (Å²) in [4.78, 5) is 0. The summed E-state index contributed by atoms with van der Waals surface area (Å²) in [5.41, 5.74) is 6.14. The molecule has 1 heterocycles. The molecule has 0 saturated carbocycles. The van der Waals surface area contributed by atoms with E-state index in [-0.39, 0.29) is 23.6 Å². The average Bonchev–Trinajstić information content (AvgIpc) is 2.96. The van der Waals surface area contributed by atoms with E-state index in [4.69, 9.17) is 14.9 Å². The van der Waals surface area contributed by atoms with E-state index in [1.165, 1.54) is 19.4 Å². The molecule has 1 atom stereocenters. The third kappa shape index (κ3) is 3.22. The van der Waals surface area contributed by atoms with Crippen LogP contribution in [0.15, 0.2) is 47.1 Å². The van der Waals surface area contributed by atoms with Gasteiger partial charge in [-0.3, -0.25) is 0 Å². The van der Waals surface area contributed by atoms with Gasteiger partial charge in [-0.1, -0.05) is 30.3 Å². The predicted octanol–water partition coefficient (Wildman–Crippen LogP) is 5.02. The lowest BCUT2D eigenvalue weighted by Crippen LogP contribution is -2.20. The highest BCUT2D eigenvalue weighted by molar-refractivity contribution is 5.97. The highest BCUT2D eigenvalue weighted by Crippen LogP contribution is 2.43. The first kappa shape index (κ1) is 17.4. The van der Waals surface area contributed by atoms with Crippen molar-refractivity contribution < 1.29 is 22.3 Å². The largest absolute Gasteiger partial charge is 0.496 e. The van der Waals surface area contributed by atoms with E-state index < -0.39 is 11.7 Å². The van der Waals surface area contributed by atoms with E-state index >= 15 is 0 Å². The molecule has 0 aliphatic rings. The topological polar surface area (TPSA) is 48.4 Å². The van der Waals surface area contributed by atoms with Crippen molar-refractivity contribution in [3.63, 3.8) is 0 Å². The van der Waals surface area contributed by atoms with Crippen LogP contribution in [0.1, 0.15) is 18.1 Å². The molecule has 0 bridgehead atoms. The van der Waals surface area contributed by atoms with Crippen molar-refractivity contribution in [3.05, 3.63) is 53.8 Å². The Morgan fingerprint density at radius 2 is 1.84 bits per heavy atom. The number of halogens is 3. The Kier molecular flexibility index (Phi) is 4.47. The quantitative estimate of drug-likeness (QED) is 0.720. The number of benzene rings is 2. The van der Waals surface area contributed by atoms with Gasteiger partial charge in [-0.05, 0) is 25.0 Å². The smallest absolute Gasteiger partial charge is 0.420 e. The molecule has 25 heavy (non-hydrogen) atoms. The second kappa shape index (κ2) is 6.44. The predicted molar refractivity (Wildman–Crippen MR) is 90.6 cm³/mol. The molecule has 3 nitrogen and oxygen atoms in total. The minimum atomic E-state index is -4.53. The molecular weight excluding hydrogens is 331 g/mol. The van der Waals surface area contributed by atoms with Crippen molar-refractivity contribution in [1.29, 1.82) is 0 Å². The lowest BCUT2D eigenvalue weighted by atomic mass is 9.96. The normalized spacial score (nSPS) is 13.2. The molecule has 132 valence electrons. The molecule has 1 unspecified atom stereocenters. The van der Waals surface area contributed by atoms with Gasteiger partial charge in [0.1, 0.15) is 16.9 Å². The summed E-state index contributed by atoms with van der Waals surface area (Å²) in [5.74, 6) is 0.568. The standard InChI is InChI=1S/C19H18F3NO2/c1-11(23)9-12-7-8-14-15(13-5-3-4-6-16(13)24-2)10-25-18(14)17(12)19(20,21)22/h3-8,10-11H,9,23H2,1-2H3. The van der Waals surface area contributed by atoms with E-state index in [9.17, 15) is 13.2 Å². The van der Waals surface area contributed by atoms with E-state index in [1.54, 1.807) is 37.3 Å². The van der Waals surface area contributed by atoms with Crippen molar-refractivity contribution in [2.45, 2.75) is 25.6 Å². The number of methoxy groups -OCH3 is 1. The molecule has 0 fully saturated rings. The van der Waals surface area contributed by atoms with E-state index in [0.29, 0.717) is 22.3 Å². The lowest BCUT2D eigenvalue weighted by Gasteiger charge is -2.15. The number of ether oxygens (including phenoxy) is 1. The Labute approximate surface area is 143 Å². The van der Waals surface area contributed by atoms with Gasteiger partial charge in [0, 0.05) is 22.6 Å². The van der Waals surface area contributed by atoms with Gasteiger partial charge in [0.25, 0.3) is 0 Å². The van der Waals surface area contributed by atoms with Crippen LogP contribution in [0.4, 0.5) is 13.2 Å². The Morgan fingerprint density at radius 3 is 2.48 bits per heavy atom. The van der Waals surface area contributed by atoms with E-state index in [1.807, 2.05) is 0 Å². The maximum Gasteiger partial charge on any atom is 0.420 e. The molecule has 0 aliphatic heterocycles. The molecule has 2 N–H and O–H groups in total. The summed E-state index contributed by atoms with van der Waals surface area (Å²) in [6.07, 6.45) is -3.07. The molecule has 0 saturated heterocycles. The van der Waals surface area contributed by atoms with Crippen LogP contribution in [0.3, 0.4) is 0 Å². The van der Waals surface area contributed by atoms with Gasteiger partial charge in [0.05, 0.1) is 13.4 Å². The van der Waals surface area contributed by atoms with Crippen molar-refractivity contribution in [2.24, 2.45) is 5.73 Å². The monoisotopic (exact) mass is 349 g/mol. The van der Waals surface area contributed by atoms with Crippen molar-refractivity contribution >= 4 is 11.0 Å². The van der Waals surface area contributed by atoms with Gasteiger partial charge >= 0.3 is 6.18 Å². The fraction of sp³-hybridized carbons (Fsp3) is 0.263. The molecule has 3 rings (SSSR count). The number of furan rings is 1. The van der Waals surface area contributed by atoms with E-state index in [0.717, 1.165) is 0 Å². The van der Waals surface area contributed by atoms with Crippen LogP contribution in [-0.4, -0.2) is 13.2 Å². The van der Waals surface area contributed by atoms with Gasteiger partial charge in [0.15, 0.2) is 0 Å². The summed E-state index contributed by atoms with van der Waals surface area (Å²) in [5, 5.41) is 0.394. The molecule has 0 radical (unpaired) electrons. The number of hydrogen-bond acceptors (Lipinski definition) is 3. The zero-order valence-corrected chi connectivity index (χ0v) is 13.9. The number of rotatable bonds is 4. The molecule has 6 heteroatoms. The first-order chi connectivity index (χ1) is 11.8. The van der Waals surface area contributed by atoms with Crippen LogP contribution in [-0.2, 0) is 12.6 Å². The average molecular weight is 349 g/mol. The van der Waals surface area contributed by atoms with Crippen LogP contribution >= 0.6 is 0 Å². The summed E-state index contributed by atoms with van der Waals surface area (Å²) >= 11 is 0. The van der Waals surface area contributed by atoms with Gasteiger partial charge < -0.3 is 14.9 Å². The Balaban J connectivity index is 2.26.